The number of nitrogens with zero attached hydrogens (tertiary/aromatic N) is 5. The third-order valence-electron chi connectivity index (χ3n) is 6.16. The Bertz CT molecular complexity index is 1280. The van der Waals surface area contributed by atoms with Crippen LogP contribution in [0.5, 0.6) is 0 Å². The zero-order valence-corrected chi connectivity index (χ0v) is 18.7. The van der Waals surface area contributed by atoms with Gasteiger partial charge in [0.05, 0.1) is 12.2 Å². The van der Waals surface area contributed by atoms with Crippen molar-refractivity contribution in [1.82, 2.24) is 19.9 Å². The van der Waals surface area contributed by atoms with Crippen molar-refractivity contribution in [1.29, 1.82) is 0 Å². The van der Waals surface area contributed by atoms with Crippen LogP contribution < -0.4 is 10.6 Å². The minimum Gasteiger partial charge on any atom is -0.354 e. The number of rotatable bonds is 4. The molecule has 1 aliphatic rings. The monoisotopic (exact) mass is 439 g/mol. The van der Waals surface area contributed by atoms with E-state index in [1.54, 1.807) is 6.92 Å². The van der Waals surface area contributed by atoms with E-state index in [-0.39, 0.29) is 5.91 Å². The lowest BCUT2D eigenvalue weighted by molar-refractivity contribution is -0.386. The second-order valence-corrected chi connectivity index (χ2v) is 8.27. The summed E-state index contributed by atoms with van der Waals surface area (Å²) in [5.74, 6) is 0.766. The highest BCUT2D eigenvalue weighted by molar-refractivity contribution is 5.90. The van der Waals surface area contributed by atoms with E-state index in [0.29, 0.717) is 37.8 Å². The molecule has 1 fully saturated rings. The fourth-order valence-corrected chi connectivity index (χ4v) is 4.22. The molecule has 0 bridgehead atoms. The van der Waals surface area contributed by atoms with Gasteiger partial charge in [-0.2, -0.15) is 4.98 Å². The summed E-state index contributed by atoms with van der Waals surface area (Å²) in [5.41, 5.74) is 9.94. The first-order valence-corrected chi connectivity index (χ1v) is 11.2. The maximum absolute atomic E-state index is 11.6. The molecule has 33 heavy (non-hydrogen) atoms. The predicted molar refractivity (Wildman–Crippen MR) is 129 cm³/mol. The molecular weight excluding hydrogens is 412 g/mol. The number of piperazine rings is 1. The molecule has 0 radical (unpaired) electrons. The maximum Gasteiger partial charge on any atom is 0.227 e. The van der Waals surface area contributed by atoms with Crippen molar-refractivity contribution in [3.8, 4) is 22.4 Å². The van der Waals surface area contributed by atoms with Crippen LogP contribution in [0, 0.1) is 0 Å². The number of quaternary nitrogens is 1. The minimum atomic E-state index is 0.110. The van der Waals surface area contributed by atoms with Crippen LogP contribution in [0.25, 0.3) is 33.4 Å². The number of carbonyl (C=O) groups excluding carboxylic acids is 1. The summed E-state index contributed by atoms with van der Waals surface area (Å²) in [7, 11) is 0. The Labute approximate surface area is 192 Å². The minimum absolute atomic E-state index is 0.110. The summed E-state index contributed by atoms with van der Waals surface area (Å²) in [5, 5.41) is 0.901. The molecule has 3 heterocycles. The number of hydrogen-bond donors (Lipinski definition) is 1. The van der Waals surface area contributed by atoms with E-state index in [1.165, 1.54) is 5.56 Å². The lowest BCUT2D eigenvalue weighted by atomic mass is 9.98. The van der Waals surface area contributed by atoms with Crippen LogP contribution in [-0.4, -0.2) is 51.9 Å². The summed E-state index contributed by atoms with van der Waals surface area (Å²) < 4.78 is 0. The standard InChI is InChI=1S/C26H26N6O/c1-18(33)31-11-13-32(14-12-31)26-28-17-22-15-23(20-5-3-2-4-6-20)24(29-25(22)30-26)21-9-7-19(16-27)8-10-21/h2-10,15,17H,11-14,16,27H2,1H3/p+1. The lowest BCUT2D eigenvalue weighted by Gasteiger charge is -2.34. The van der Waals surface area contributed by atoms with Crippen molar-refractivity contribution in [2.75, 3.05) is 31.1 Å². The Morgan fingerprint density at radius 2 is 1.67 bits per heavy atom. The molecule has 3 N–H and O–H groups in total. The number of benzene rings is 2. The average Bonchev–Trinajstić information content (AvgIpc) is 2.88. The summed E-state index contributed by atoms with van der Waals surface area (Å²) in [6, 6.07) is 20.8. The second-order valence-electron chi connectivity index (χ2n) is 8.27. The molecule has 7 nitrogen and oxygen atoms in total. The Morgan fingerprint density at radius 3 is 2.33 bits per heavy atom. The molecule has 1 aliphatic heterocycles. The van der Waals surface area contributed by atoms with Crippen LogP contribution >= 0.6 is 0 Å². The summed E-state index contributed by atoms with van der Waals surface area (Å²) in [6.07, 6.45) is 1.85. The molecule has 1 saturated heterocycles. The van der Waals surface area contributed by atoms with Crippen LogP contribution in [0.1, 0.15) is 12.5 Å². The van der Waals surface area contributed by atoms with Crippen molar-refractivity contribution >= 4 is 22.9 Å². The first-order valence-electron chi connectivity index (χ1n) is 11.2. The molecule has 2 aromatic carbocycles. The van der Waals surface area contributed by atoms with Gasteiger partial charge in [-0.1, -0.05) is 54.6 Å². The summed E-state index contributed by atoms with van der Waals surface area (Å²) in [4.78, 5) is 30.1. The fraction of sp³-hybridized carbons (Fsp3) is 0.231. The third-order valence-corrected chi connectivity index (χ3v) is 6.16. The van der Waals surface area contributed by atoms with Gasteiger partial charge >= 0.3 is 0 Å². The molecule has 1 amide bonds. The zero-order valence-electron chi connectivity index (χ0n) is 18.7. The number of carbonyl (C=O) groups is 1. The highest BCUT2D eigenvalue weighted by atomic mass is 16.2. The molecule has 0 unspecified atom stereocenters. The predicted octanol–water partition coefficient (Wildman–Crippen LogP) is 2.77. The SMILES string of the molecule is CC(=O)N1CCN(c2ncc3cc(-c4ccccc4)c(-c4ccc(C[NH3+])cc4)nc3n2)CC1. The number of amides is 1. The number of fused-ring (bicyclic) bond motifs is 1. The average molecular weight is 440 g/mol. The van der Waals surface area contributed by atoms with E-state index in [4.69, 9.17) is 9.97 Å². The van der Waals surface area contributed by atoms with E-state index >= 15 is 0 Å². The van der Waals surface area contributed by atoms with E-state index in [9.17, 15) is 4.79 Å². The fourth-order valence-electron chi connectivity index (χ4n) is 4.22. The van der Waals surface area contributed by atoms with E-state index < -0.39 is 0 Å². The van der Waals surface area contributed by atoms with Crippen LogP contribution in [0.2, 0.25) is 0 Å². The van der Waals surface area contributed by atoms with Crippen LogP contribution in [0.4, 0.5) is 5.95 Å². The third kappa shape index (κ3) is 4.27. The summed E-state index contributed by atoms with van der Waals surface area (Å²) in [6.45, 7) is 5.16. The Kier molecular flexibility index (Phi) is 5.71. The highest BCUT2D eigenvalue weighted by Gasteiger charge is 2.21. The largest absolute Gasteiger partial charge is 0.354 e. The smallest absolute Gasteiger partial charge is 0.227 e. The van der Waals surface area contributed by atoms with Crippen molar-refractivity contribution in [2.24, 2.45) is 0 Å². The molecule has 0 atom stereocenters. The number of pyridine rings is 1. The molecular formula is C26H27N6O+. The molecule has 2 aromatic heterocycles. The Balaban J connectivity index is 1.57. The highest BCUT2D eigenvalue weighted by Crippen LogP contribution is 2.33. The molecule has 0 saturated carbocycles. The van der Waals surface area contributed by atoms with Gasteiger partial charge in [-0.3, -0.25) is 4.79 Å². The van der Waals surface area contributed by atoms with Gasteiger partial charge in [0.15, 0.2) is 5.65 Å². The lowest BCUT2D eigenvalue weighted by Crippen LogP contribution is -2.48. The van der Waals surface area contributed by atoms with Gasteiger partial charge in [0.25, 0.3) is 0 Å². The van der Waals surface area contributed by atoms with Gasteiger partial charge < -0.3 is 15.5 Å². The van der Waals surface area contributed by atoms with Gasteiger partial charge in [-0.05, 0) is 11.6 Å². The zero-order chi connectivity index (χ0) is 22.8. The van der Waals surface area contributed by atoms with Gasteiger partial charge in [0, 0.05) is 61.4 Å². The van der Waals surface area contributed by atoms with Crippen LogP contribution in [-0.2, 0) is 11.3 Å². The van der Waals surface area contributed by atoms with Crippen molar-refractivity contribution in [3.05, 3.63) is 72.4 Å². The number of hydrogen-bond acceptors (Lipinski definition) is 5. The van der Waals surface area contributed by atoms with E-state index in [2.05, 4.69) is 58.1 Å². The maximum atomic E-state index is 11.6. The van der Waals surface area contributed by atoms with Gasteiger partial charge in [-0.25, -0.2) is 9.97 Å². The van der Waals surface area contributed by atoms with Crippen LogP contribution in [0.15, 0.2) is 66.9 Å². The Hall–Kier alpha value is -3.84. The molecule has 4 aromatic rings. The topological polar surface area (TPSA) is 89.9 Å². The quantitative estimate of drug-likeness (QED) is 0.528. The summed E-state index contributed by atoms with van der Waals surface area (Å²) >= 11 is 0. The van der Waals surface area contributed by atoms with Crippen molar-refractivity contribution in [2.45, 2.75) is 13.5 Å². The molecule has 166 valence electrons. The Morgan fingerprint density at radius 1 is 0.939 bits per heavy atom. The van der Waals surface area contributed by atoms with Gasteiger partial charge in [0.1, 0.15) is 0 Å². The normalized spacial score (nSPS) is 14.0. The van der Waals surface area contributed by atoms with E-state index in [0.717, 1.165) is 34.3 Å². The van der Waals surface area contributed by atoms with E-state index in [1.807, 2.05) is 29.3 Å². The first-order chi connectivity index (χ1) is 16.1. The van der Waals surface area contributed by atoms with Gasteiger partial charge in [-0.15, -0.1) is 0 Å². The second kappa shape index (κ2) is 8.96. The van der Waals surface area contributed by atoms with Gasteiger partial charge in [0.2, 0.25) is 11.9 Å². The molecule has 5 rings (SSSR count). The van der Waals surface area contributed by atoms with Crippen molar-refractivity contribution < 1.29 is 10.5 Å². The van der Waals surface area contributed by atoms with Crippen LogP contribution in [0.3, 0.4) is 0 Å². The molecule has 0 aliphatic carbocycles. The van der Waals surface area contributed by atoms with Crippen molar-refractivity contribution in [3.63, 3.8) is 0 Å². The number of anilines is 1. The molecule has 7 heteroatoms. The first kappa shape index (κ1) is 21.0. The number of aromatic nitrogens is 3. The molecule has 0 spiro atoms.